The second-order valence-electron chi connectivity index (χ2n) is 9.69. The molecule has 0 aliphatic rings. The summed E-state index contributed by atoms with van der Waals surface area (Å²) in [5.41, 5.74) is 2.91. The number of rotatable bonds is 12. The Balaban J connectivity index is 2.08. The maximum atomic E-state index is 14.1. The zero-order chi connectivity index (χ0) is 28.6. The zero-order valence-corrected chi connectivity index (χ0v) is 24.4. The van der Waals surface area contributed by atoms with Crippen LogP contribution in [-0.2, 0) is 32.6 Å². The van der Waals surface area contributed by atoms with Crippen LogP contribution in [0.25, 0.3) is 0 Å². The van der Waals surface area contributed by atoms with Crippen molar-refractivity contribution in [2.45, 2.75) is 52.2 Å². The Hall–Kier alpha value is -3.36. The molecule has 0 fully saturated rings. The third kappa shape index (κ3) is 8.31. The monoisotopic (exact) mass is 569 g/mol. The maximum Gasteiger partial charge on any atom is 0.244 e. The van der Waals surface area contributed by atoms with Crippen LogP contribution in [0.2, 0.25) is 5.02 Å². The van der Waals surface area contributed by atoms with E-state index in [1.807, 2.05) is 75.4 Å². The second kappa shape index (κ2) is 13.6. The minimum absolute atomic E-state index is 0.0955. The molecule has 3 aromatic carbocycles. The third-order valence-corrected chi connectivity index (χ3v) is 8.12. The number of halogens is 1. The van der Waals surface area contributed by atoms with Gasteiger partial charge in [0, 0.05) is 19.0 Å². The largest absolute Gasteiger partial charge is 0.352 e. The van der Waals surface area contributed by atoms with Crippen LogP contribution in [0, 0.1) is 6.92 Å². The molecule has 0 aliphatic heterocycles. The summed E-state index contributed by atoms with van der Waals surface area (Å²) >= 11 is 6.34. The molecule has 0 radical (unpaired) electrons. The molecule has 3 aromatic rings. The highest BCUT2D eigenvalue weighted by Gasteiger charge is 2.34. The number of nitrogens with zero attached hydrogens (tertiary/aromatic N) is 2. The van der Waals surface area contributed by atoms with E-state index in [0.717, 1.165) is 33.7 Å². The van der Waals surface area contributed by atoms with Crippen molar-refractivity contribution in [2.75, 3.05) is 17.1 Å². The predicted octanol–water partition coefficient (Wildman–Crippen LogP) is 4.97. The van der Waals surface area contributed by atoms with Crippen molar-refractivity contribution in [1.29, 1.82) is 0 Å². The van der Waals surface area contributed by atoms with Crippen molar-refractivity contribution in [3.63, 3.8) is 0 Å². The fraction of sp³-hybridized carbons (Fsp3) is 0.333. The molecular weight excluding hydrogens is 534 g/mol. The minimum atomic E-state index is -3.88. The summed E-state index contributed by atoms with van der Waals surface area (Å²) in [6, 6.07) is 22.6. The standard InChI is InChI=1S/C30H36ClN3O4S/c1-5-23(3)32-30(36)28(19-24-14-7-6-8-15-24)33(20-25-16-10-9-13-22(25)2)29(35)21-34(39(4,37)38)27-18-12-11-17-26(27)31/h6-18,23,28H,5,19-21H2,1-4H3,(H,32,36)/t23-,28+/m0/s1. The molecule has 0 aromatic heterocycles. The number of carbonyl (C=O) groups excluding carboxylic acids is 2. The summed E-state index contributed by atoms with van der Waals surface area (Å²) in [5.74, 6) is -0.803. The lowest BCUT2D eigenvalue weighted by atomic mass is 10.0. The van der Waals surface area contributed by atoms with Crippen LogP contribution in [0.1, 0.15) is 37.0 Å². The van der Waals surface area contributed by atoms with Gasteiger partial charge in [0.15, 0.2) is 0 Å². The van der Waals surface area contributed by atoms with E-state index in [9.17, 15) is 18.0 Å². The van der Waals surface area contributed by atoms with Gasteiger partial charge < -0.3 is 10.2 Å². The topological polar surface area (TPSA) is 86.8 Å². The van der Waals surface area contributed by atoms with E-state index in [-0.39, 0.29) is 35.6 Å². The number of benzene rings is 3. The first kappa shape index (κ1) is 30.2. The van der Waals surface area contributed by atoms with E-state index in [0.29, 0.717) is 0 Å². The fourth-order valence-corrected chi connectivity index (χ4v) is 5.36. The molecule has 39 heavy (non-hydrogen) atoms. The number of anilines is 1. The summed E-state index contributed by atoms with van der Waals surface area (Å²) in [5, 5.41) is 3.23. The lowest BCUT2D eigenvalue weighted by Crippen LogP contribution is -2.54. The molecule has 2 amide bonds. The van der Waals surface area contributed by atoms with E-state index in [1.165, 1.54) is 4.90 Å². The average Bonchev–Trinajstić information content (AvgIpc) is 2.90. The maximum absolute atomic E-state index is 14.1. The van der Waals surface area contributed by atoms with Crippen LogP contribution < -0.4 is 9.62 Å². The summed E-state index contributed by atoms with van der Waals surface area (Å²) in [7, 11) is -3.88. The molecular formula is C30H36ClN3O4S. The molecule has 0 heterocycles. The number of aryl methyl sites for hydroxylation is 1. The van der Waals surface area contributed by atoms with E-state index in [2.05, 4.69) is 5.32 Å². The van der Waals surface area contributed by atoms with Gasteiger partial charge in [0.05, 0.1) is 17.0 Å². The molecule has 208 valence electrons. The Morgan fingerprint density at radius 1 is 0.949 bits per heavy atom. The predicted molar refractivity (Wildman–Crippen MR) is 157 cm³/mol. The normalized spacial score (nSPS) is 12.8. The van der Waals surface area contributed by atoms with Crippen LogP contribution in [0.15, 0.2) is 78.9 Å². The second-order valence-corrected chi connectivity index (χ2v) is 12.0. The van der Waals surface area contributed by atoms with Crippen molar-refractivity contribution >= 4 is 39.1 Å². The summed E-state index contributed by atoms with van der Waals surface area (Å²) in [6.07, 6.45) is 2.03. The zero-order valence-electron chi connectivity index (χ0n) is 22.8. The molecule has 0 saturated heterocycles. The van der Waals surface area contributed by atoms with Gasteiger partial charge in [-0.1, -0.05) is 85.3 Å². The molecule has 7 nitrogen and oxygen atoms in total. The quantitative estimate of drug-likeness (QED) is 0.334. The summed E-state index contributed by atoms with van der Waals surface area (Å²) in [4.78, 5) is 29.3. The lowest BCUT2D eigenvalue weighted by Gasteiger charge is -2.34. The highest BCUT2D eigenvalue weighted by atomic mass is 35.5. The molecule has 9 heteroatoms. The van der Waals surface area contributed by atoms with E-state index >= 15 is 0 Å². The number of nitrogens with one attached hydrogen (secondary N) is 1. The van der Waals surface area contributed by atoms with Crippen LogP contribution in [0.4, 0.5) is 5.69 Å². The van der Waals surface area contributed by atoms with Crippen molar-refractivity contribution in [2.24, 2.45) is 0 Å². The smallest absolute Gasteiger partial charge is 0.244 e. The van der Waals surface area contributed by atoms with E-state index < -0.39 is 28.5 Å². The minimum Gasteiger partial charge on any atom is -0.352 e. The molecule has 0 aliphatic carbocycles. The first-order valence-corrected chi connectivity index (χ1v) is 15.1. The van der Waals surface area contributed by atoms with Crippen LogP contribution in [0.3, 0.4) is 0 Å². The molecule has 2 atom stereocenters. The van der Waals surface area contributed by atoms with Crippen LogP contribution in [-0.4, -0.2) is 50.0 Å². The van der Waals surface area contributed by atoms with Gasteiger partial charge in [-0.05, 0) is 49.1 Å². The highest BCUT2D eigenvalue weighted by molar-refractivity contribution is 7.92. The van der Waals surface area contributed by atoms with Crippen molar-refractivity contribution in [3.8, 4) is 0 Å². The van der Waals surface area contributed by atoms with Gasteiger partial charge in [0.2, 0.25) is 21.8 Å². The van der Waals surface area contributed by atoms with Gasteiger partial charge in [-0.15, -0.1) is 0 Å². The van der Waals surface area contributed by atoms with Gasteiger partial charge in [0.1, 0.15) is 12.6 Å². The molecule has 3 rings (SSSR count). The fourth-order valence-electron chi connectivity index (χ4n) is 4.21. The average molecular weight is 570 g/mol. The number of para-hydroxylation sites is 1. The van der Waals surface area contributed by atoms with Crippen molar-refractivity contribution < 1.29 is 18.0 Å². The third-order valence-electron chi connectivity index (χ3n) is 6.67. The number of amides is 2. The van der Waals surface area contributed by atoms with Crippen molar-refractivity contribution in [3.05, 3.63) is 101 Å². The number of carbonyl (C=O) groups is 2. The van der Waals surface area contributed by atoms with Gasteiger partial charge in [-0.2, -0.15) is 0 Å². The summed E-state index contributed by atoms with van der Waals surface area (Å²) in [6.45, 7) is 5.46. The molecule has 1 N–H and O–H groups in total. The van der Waals surface area contributed by atoms with Crippen LogP contribution >= 0.6 is 11.6 Å². The summed E-state index contributed by atoms with van der Waals surface area (Å²) < 4.78 is 26.7. The Morgan fingerprint density at radius 2 is 1.56 bits per heavy atom. The Morgan fingerprint density at radius 3 is 2.18 bits per heavy atom. The molecule has 0 saturated carbocycles. The van der Waals surface area contributed by atoms with Gasteiger partial charge in [-0.25, -0.2) is 8.42 Å². The van der Waals surface area contributed by atoms with Gasteiger partial charge in [0.25, 0.3) is 0 Å². The highest BCUT2D eigenvalue weighted by Crippen LogP contribution is 2.28. The Labute approximate surface area is 236 Å². The molecule has 0 bridgehead atoms. The number of hydrogen-bond donors (Lipinski definition) is 1. The lowest BCUT2D eigenvalue weighted by molar-refractivity contribution is -0.140. The first-order valence-electron chi connectivity index (χ1n) is 12.9. The van der Waals surface area contributed by atoms with Gasteiger partial charge >= 0.3 is 0 Å². The van der Waals surface area contributed by atoms with Crippen molar-refractivity contribution in [1.82, 2.24) is 10.2 Å². The molecule has 0 spiro atoms. The molecule has 0 unspecified atom stereocenters. The van der Waals surface area contributed by atoms with Gasteiger partial charge in [-0.3, -0.25) is 13.9 Å². The Bertz CT molecular complexity index is 1380. The van der Waals surface area contributed by atoms with E-state index in [4.69, 9.17) is 11.6 Å². The number of sulfonamides is 1. The number of hydrogen-bond acceptors (Lipinski definition) is 4. The Kier molecular flexibility index (Phi) is 10.5. The SMILES string of the molecule is CC[C@H](C)NC(=O)[C@@H](Cc1ccccc1)N(Cc1ccccc1C)C(=O)CN(c1ccccc1Cl)S(C)(=O)=O. The van der Waals surface area contributed by atoms with E-state index in [1.54, 1.807) is 24.3 Å². The van der Waals surface area contributed by atoms with Crippen LogP contribution in [0.5, 0.6) is 0 Å². The first-order chi connectivity index (χ1) is 18.5.